The van der Waals surface area contributed by atoms with Gasteiger partial charge in [0.1, 0.15) is 0 Å². The summed E-state index contributed by atoms with van der Waals surface area (Å²) in [5.41, 5.74) is 1.01. The molecule has 0 amide bonds. The highest BCUT2D eigenvalue weighted by Crippen LogP contribution is 2.17. The second-order valence-electron chi connectivity index (χ2n) is 5.46. The fourth-order valence-corrected chi connectivity index (χ4v) is 2.71. The van der Waals surface area contributed by atoms with E-state index in [1.165, 1.54) is 10.8 Å². The van der Waals surface area contributed by atoms with Crippen LogP contribution in [0.25, 0.3) is 10.8 Å². The number of nitrogens with zero attached hydrogens (tertiary/aromatic N) is 2. The molecule has 3 rings (SSSR count). The molecule has 4 nitrogen and oxygen atoms in total. The third-order valence-corrected chi connectivity index (χ3v) is 3.84. The van der Waals surface area contributed by atoms with E-state index in [-0.39, 0.29) is 24.0 Å². The van der Waals surface area contributed by atoms with E-state index in [1.807, 2.05) is 24.4 Å². The third kappa shape index (κ3) is 4.67. The van der Waals surface area contributed by atoms with E-state index in [9.17, 15) is 0 Å². The first kappa shape index (κ1) is 17.7. The Hall–Kier alpha value is -1.63. The van der Waals surface area contributed by atoms with Gasteiger partial charge in [-0.1, -0.05) is 36.4 Å². The molecule has 1 aliphatic rings. The monoisotopic (exact) mass is 422 g/mol. The van der Waals surface area contributed by atoms with E-state index in [4.69, 9.17) is 4.99 Å². The van der Waals surface area contributed by atoms with Crippen LogP contribution in [-0.2, 0) is 6.54 Å². The Balaban J connectivity index is 0.00000192. The van der Waals surface area contributed by atoms with Gasteiger partial charge in [0.05, 0.1) is 12.2 Å². The molecular weight excluding hydrogens is 399 g/mol. The lowest BCUT2D eigenvalue weighted by Crippen LogP contribution is -2.42. The summed E-state index contributed by atoms with van der Waals surface area (Å²) in [6.45, 7) is 3.52. The summed E-state index contributed by atoms with van der Waals surface area (Å²) >= 11 is 0. The summed E-state index contributed by atoms with van der Waals surface area (Å²) in [5.74, 6) is 0.867. The van der Waals surface area contributed by atoms with Crippen molar-refractivity contribution in [1.82, 2.24) is 15.6 Å². The highest BCUT2D eigenvalue weighted by atomic mass is 127. The van der Waals surface area contributed by atoms with Gasteiger partial charge in [0.25, 0.3) is 0 Å². The Kier molecular flexibility index (Phi) is 6.83. The lowest BCUT2D eigenvalue weighted by Gasteiger charge is -2.16. The van der Waals surface area contributed by atoms with Crippen molar-refractivity contribution in [2.75, 3.05) is 6.54 Å². The quantitative estimate of drug-likeness (QED) is 0.343. The maximum absolute atomic E-state index is 4.70. The van der Waals surface area contributed by atoms with Crippen LogP contribution < -0.4 is 10.6 Å². The van der Waals surface area contributed by atoms with Gasteiger partial charge in [0.2, 0.25) is 0 Å². The van der Waals surface area contributed by atoms with E-state index in [0.29, 0.717) is 12.6 Å². The largest absolute Gasteiger partial charge is 0.357 e. The fraction of sp³-hybridized carbons (Fsp3) is 0.333. The molecule has 0 fully saturated rings. The SMILES string of the molecule is CCNC(=NCc1nccc2ccccc12)NC1CC=CC1.I. The molecule has 2 aromatic rings. The minimum absolute atomic E-state index is 0. The van der Waals surface area contributed by atoms with Crippen LogP contribution in [0.3, 0.4) is 0 Å². The normalized spacial score (nSPS) is 14.7. The van der Waals surface area contributed by atoms with Gasteiger partial charge in [-0.15, -0.1) is 24.0 Å². The molecule has 1 aliphatic carbocycles. The average molecular weight is 422 g/mol. The van der Waals surface area contributed by atoms with Crippen molar-refractivity contribution in [3.8, 4) is 0 Å². The first-order valence-electron chi connectivity index (χ1n) is 7.89. The minimum Gasteiger partial charge on any atom is -0.357 e. The molecule has 122 valence electrons. The van der Waals surface area contributed by atoms with Gasteiger partial charge >= 0.3 is 0 Å². The molecular formula is C18H23IN4. The van der Waals surface area contributed by atoms with E-state index in [2.05, 4.69) is 46.8 Å². The van der Waals surface area contributed by atoms with Gasteiger partial charge in [-0.25, -0.2) is 4.99 Å². The van der Waals surface area contributed by atoms with Crippen LogP contribution in [0.2, 0.25) is 0 Å². The third-order valence-electron chi connectivity index (χ3n) is 3.84. The second kappa shape index (κ2) is 8.86. The molecule has 5 heteroatoms. The van der Waals surface area contributed by atoms with Crippen LogP contribution in [0.1, 0.15) is 25.5 Å². The lowest BCUT2D eigenvalue weighted by molar-refractivity contribution is 0.633. The van der Waals surface area contributed by atoms with Crippen LogP contribution in [0, 0.1) is 0 Å². The molecule has 0 atom stereocenters. The summed E-state index contributed by atoms with van der Waals surface area (Å²) in [6, 6.07) is 10.8. The number of aromatic nitrogens is 1. The number of benzene rings is 1. The Morgan fingerprint density at radius 1 is 1.22 bits per heavy atom. The number of aliphatic imine (C=N–C) groups is 1. The summed E-state index contributed by atoms with van der Waals surface area (Å²) in [6.07, 6.45) is 8.42. The molecule has 23 heavy (non-hydrogen) atoms. The summed E-state index contributed by atoms with van der Waals surface area (Å²) in [5, 5.41) is 9.18. The van der Waals surface area contributed by atoms with Crippen molar-refractivity contribution >= 4 is 40.7 Å². The molecule has 1 heterocycles. The number of halogens is 1. The molecule has 0 saturated carbocycles. The van der Waals surface area contributed by atoms with Crippen molar-refractivity contribution in [2.24, 2.45) is 4.99 Å². The number of fused-ring (bicyclic) bond motifs is 1. The minimum atomic E-state index is 0. The highest BCUT2D eigenvalue weighted by molar-refractivity contribution is 14.0. The Morgan fingerprint density at radius 2 is 2.00 bits per heavy atom. The molecule has 1 aromatic carbocycles. The van der Waals surface area contributed by atoms with E-state index in [0.717, 1.165) is 31.0 Å². The van der Waals surface area contributed by atoms with Gasteiger partial charge in [-0.2, -0.15) is 0 Å². The summed E-state index contributed by atoms with van der Waals surface area (Å²) in [4.78, 5) is 9.20. The van der Waals surface area contributed by atoms with Crippen LogP contribution in [0.4, 0.5) is 0 Å². The molecule has 0 aliphatic heterocycles. The van der Waals surface area contributed by atoms with Crippen molar-refractivity contribution in [3.05, 3.63) is 54.4 Å². The van der Waals surface area contributed by atoms with Gasteiger partial charge in [-0.3, -0.25) is 4.98 Å². The van der Waals surface area contributed by atoms with Crippen molar-refractivity contribution < 1.29 is 0 Å². The van der Waals surface area contributed by atoms with Crippen LogP contribution in [-0.4, -0.2) is 23.5 Å². The predicted molar refractivity (Wildman–Crippen MR) is 107 cm³/mol. The number of rotatable bonds is 4. The zero-order chi connectivity index (χ0) is 15.2. The van der Waals surface area contributed by atoms with E-state index >= 15 is 0 Å². The first-order chi connectivity index (χ1) is 10.9. The van der Waals surface area contributed by atoms with Gasteiger partial charge in [0, 0.05) is 24.2 Å². The topological polar surface area (TPSA) is 49.3 Å². The number of hydrogen-bond acceptors (Lipinski definition) is 2. The molecule has 0 spiro atoms. The standard InChI is InChI=1S/C18H22N4.HI/c1-2-19-18(22-15-8-4-5-9-15)21-13-17-16-10-6-3-7-14(16)11-12-20-17;/h3-7,10-12,15H,2,8-9,13H2,1H3,(H2,19,21,22);1H. The number of hydrogen-bond donors (Lipinski definition) is 2. The van der Waals surface area contributed by atoms with Gasteiger partial charge in [-0.05, 0) is 31.2 Å². The van der Waals surface area contributed by atoms with Gasteiger partial charge < -0.3 is 10.6 Å². The molecule has 0 bridgehead atoms. The van der Waals surface area contributed by atoms with Crippen molar-refractivity contribution in [2.45, 2.75) is 32.4 Å². The van der Waals surface area contributed by atoms with Crippen molar-refractivity contribution in [3.63, 3.8) is 0 Å². The zero-order valence-corrected chi connectivity index (χ0v) is 15.7. The summed E-state index contributed by atoms with van der Waals surface area (Å²) < 4.78 is 0. The Morgan fingerprint density at radius 3 is 2.78 bits per heavy atom. The number of pyridine rings is 1. The lowest BCUT2D eigenvalue weighted by atomic mass is 10.1. The Bertz CT molecular complexity index is 683. The molecule has 0 saturated heterocycles. The highest BCUT2D eigenvalue weighted by Gasteiger charge is 2.11. The predicted octanol–water partition coefficient (Wildman–Crippen LogP) is 3.63. The van der Waals surface area contributed by atoms with E-state index < -0.39 is 0 Å². The number of nitrogens with one attached hydrogen (secondary N) is 2. The maximum Gasteiger partial charge on any atom is 0.191 e. The zero-order valence-electron chi connectivity index (χ0n) is 13.3. The molecule has 0 radical (unpaired) electrons. The first-order valence-corrected chi connectivity index (χ1v) is 7.89. The Labute approximate surface area is 154 Å². The number of guanidine groups is 1. The maximum atomic E-state index is 4.70. The molecule has 1 aromatic heterocycles. The smallest absolute Gasteiger partial charge is 0.191 e. The average Bonchev–Trinajstić information content (AvgIpc) is 3.06. The van der Waals surface area contributed by atoms with Gasteiger partial charge in [0.15, 0.2) is 5.96 Å². The summed E-state index contributed by atoms with van der Waals surface area (Å²) in [7, 11) is 0. The van der Waals surface area contributed by atoms with Crippen LogP contribution >= 0.6 is 24.0 Å². The molecule has 0 unspecified atom stereocenters. The van der Waals surface area contributed by atoms with E-state index in [1.54, 1.807) is 0 Å². The van der Waals surface area contributed by atoms with Crippen molar-refractivity contribution in [1.29, 1.82) is 0 Å². The fourth-order valence-electron chi connectivity index (χ4n) is 2.71. The van der Waals surface area contributed by atoms with Crippen LogP contribution in [0.15, 0.2) is 53.7 Å². The molecule has 2 N–H and O–H groups in total. The van der Waals surface area contributed by atoms with Crippen LogP contribution in [0.5, 0.6) is 0 Å². The second-order valence-corrected chi connectivity index (χ2v) is 5.46.